The number of likely N-dealkylation sites (N-methyl/N-ethyl adjacent to an activating group) is 1. The highest BCUT2D eigenvalue weighted by Crippen LogP contribution is 2.29. The van der Waals surface area contributed by atoms with Gasteiger partial charge in [-0.05, 0) is 37.8 Å². The van der Waals surface area contributed by atoms with Crippen molar-refractivity contribution in [1.29, 1.82) is 0 Å². The van der Waals surface area contributed by atoms with Crippen LogP contribution < -0.4 is 10.1 Å². The number of nitrogens with one attached hydrogen (secondary N) is 1. The van der Waals surface area contributed by atoms with Gasteiger partial charge in [-0.2, -0.15) is 0 Å². The van der Waals surface area contributed by atoms with Crippen LogP contribution in [0.1, 0.15) is 61.3 Å². The summed E-state index contributed by atoms with van der Waals surface area (Å²) in [7, 11) is 3.50. The van der Waals surface area contributed by atoms with E-state index >= 15 is 0 Å². The number of carbonyl (C=O) groups is 2. The summed E-state index contributed by atoms with van der Waals surface area (Å²) in [5.41, 5.74) is 1.15. The lowest BCUT2D eigenvalue weighted by molar-refractivity contribution is -0.120. The van der Waals surface area contributed by atoms with Crippen molar-refractivity contribution in [2.24, 2.45) is 11.8 Å². The van der Waals surface area contributed by atoms with E-state index in [1.54, 1.807) is 48.6 Å². The first-order valence-electron chi connectivity index (χ1n) is 13.3. The minimum Gasteiger partial charge on any atom is -0.491 e. The van der Waals surface area contributed by atoms with E-state index in [1.165, 1.54) is 6.42 Å². The summed E-state index contributed by atoms with van der Waals surface area (Å²) in [5.74, 6) is 0.662. The molecule has 0 radical (unpaired) electrons. The van der Waals surface area contributed by atoms with Gasteiger partial charge in [-0.25, -0.2) is 4.98 Å². The van der Waals surface area contributed by atoms with E-state index < -0.39 is 0 Å². The first kappa shape index (κ1) is 27.5. The average molecular weight is 529 g/mol. The van der Waals surface area contributed by atoms with Crippen LogP contribution in [-0.2, 0) is 16.1 Å². The van der Waals surface area contributed by atoms with Crippen molar-refractivity contribution in [2.75, 3.05) is 39.2 Å². The summed E-state index contributed by atoms with van der Waals surface area (Å²) in [6.07, 6.45) is 6.99. The molecule has 2 aromatic rings. The zero-order valence-electron chi connectivity index (χ0n) is 22.4. The molecule has 1 aromatic heterocycles. The van der Waals surface area contributed by atoms with Gasteiger partial charge in [0.05, 0.1) is 18.2 Å². The number of rotatable bonds is 5. The number of amides is 2. The Hall–Kier alpha value is -2.49. The van der Waals surface area contributed by atoms with Crippen molar-refractivity contribution in [3.8, 4) is 5.75 Å². The molecule has 1 aliphatic carbocycles. The number of ether oxygens (including phenoxy) is 2. The number of fused-ring (bicyclic) bond motifs is 1. The van der Waals surface area contributed by atoms with Crippen molar-refractivity contribution in [3.05, 3.63) is 40.3 Å². The lowest BCUT2D eigenvalue weighted by Gasteiger charge is -2.35. The topological polar surface area (TPSA) is 84.0 Å². The predicted molar refractivity (Wildman–Crippen MR) is 146 cm³/mol. The van der Waals surface area contributed by atoms with Gasteiger partial charge in [-0.15, -0.1) is 11.3 Å². The fourth-order valence-electron chi connectivity index (χ4n) is 5.26. The van der Waals surface area contributed by atoms with Crippen LogP contribution in [0, 0.1) is 11.8 Å². The summed E-state index contributed by atoms with van der Waals surface area (Å²) in [5, 5.41) is 6.12. The highest BCUT2D eigenvalue weighted by atomic mass is 32.1. The SMILES string of the molecule is CO[C@H]1CN(C)C(=O)c2ccc(NC(=O)C3CCCCC3)cc2OC[C@@H](C)N(Cc2nccs2)C[C@H]1C. The summed E-state index contributed by atoms with van der Waals surface area (Å²) in [6.45, 7) is 6.68. The third kappa shape index (κ3) is 7.09. The number of hydrogen-bond donors (Lipinski definition) is 1. The first-order chi connectivity index (χ1) is 17.9. The maximum Gasteiger partial charge on any atom is 0.257 e. The van der Waals surface area contributed by atoms with E-state index in [9.17, 15) is 9.59 Å². The van der Waals surface area contributed by atoms with Crippen LogP contribution in [0.2, 0.25) is 0 Å². The number of methoxy groups -OCH3 is 1. The quantitative estimate of drug-likeness (QED) is 0.607. The number of carbonyl (C=O) groups excluding carboxylic acids is 2. The number of thiazole rings is 1. The average Bonchev–Trinajstić information content (AvgIpc) is 3.42. The molecule has 1 fully saturated rings. The summed E-state index contributed by atoms with van der Waals surface area (Å²) < 4.78 is 12.1. The van der Waals surface area contributed by atoms with Crippen LogP contribution in [0.4, 0.5) is 5.69 Å². The Kier molecular flexibility index (Phi) is 9.56. The van der Waals surface area contributed by atoms with Gasteiger partial charge in [0, 0.05) is 62.5 Å². The van der Waals surface area contributed by atoms with Gasteiger partial charge >= 0.3 is 0 Å². The molecular weight excluding hydrogens is 488 g/mol. The molecule has 1 N–H and O–H groups in total. The van der Waals surface area contributed by atoms with Gasteiger partial charge < -0.3 is 19.7 Å². The molecule has 1 aromatic carbocycles. The molecule has 0 spiro atoms. The molecule has 2 heterocycles. The second-order valence-corrected chi connectivity index (χ2v) is 11.5. The van der Waals surface area contributed by atoms with Crippen molar-refractivity contribution in [2.45, 2.75) is 64.6 Å². The lowest BCUT2D eigenvalue weighted by atomic mass is 9.88. The second kappa shape index (κ2) is 12.8. The minimum atomic E-state index is -0.123. The highest BCUT2D eigenvalue weighted by Gasteiger charge is 2.29. The molecule has 2 aliphatic rings. The van der Waals surface area contributed by atoms with Crippen molar-refractivity contribution in [3.63, 3.8) is 0 Å². The van der Waals surface area contributed by atoms with E-state index in [0.717, 1.165) is 43.8 Å². The monoisotopic (exact) mass is 528 g/mol. The third-order valence-corrected chi connectivity index (χ3v) is 8.41. The molecule has 1 saturated carbocycles. The van der Waals surface area contributed by atoms with Crippen LogP contribution in [-0.4, -0.2) is 72.6 Å². The highest BCUT2D eigenvalue weighted by molar-refractivity contribution is 7.09. The molecule has 0 saturated heterocycles. The number of nitrogens with zero attached hydrogens (tertiary/aromatic N) is 3. The number of benzene rings is 1. The van der Waals surface area contributed by atoms with Crippen LogP contribution in [0.5, 0.6) is 5.75 Å². The zero-order valence-corrected chi connectivity index (χ0v) is 23.3. The number of anilines is 1. The Labute approximate surface area is 224 Å². The van der Waals surface area contributed by atoms with Gasteiger partial charge in [0.1, 0.15) is 17.4 Å². The molecule has 4 rings (SSSR count). The molecule has 1 aliphatic heterocycles. The molecule has 2 amide bonds. The molecule has 202 valence electrons. The van der Waals surface area contributed by atoms with Crippen LogP contribution >= 0.6 is 11.3 Å². The van der Waals surface area contributed by atoms with Gasteiger partial charge in [-0.1, -0.05) is 26.2 Å². The molecule has 0 bridgehead atoms. The van der Waals surface area contributed by atoms with Gasteiger partial charge in [0.25, 0.3) is 5.91 Å². The van der Waals surface area contributed by atoms with Crippen molar-refractivity contribution < 1.29 is 19.1 Å². The summed E-state index contributed by atoms with van der Waals surface area (Å²) in [6, 6.07) is 5.43. The maximum atomic E-state index is 13.4. The Morgan fingerprint density at radius 3 is 2.70 bits per heavy atom. The van der Waals surface area contributed by atoms with Crippen molar-refractivity contribution >= 4 is 28.8 Å². The normalized spacial score (nSPS) is 24.5. The predicted octanol–water partition coefficient (Wildman–Crippen LogP) is 4.67. The van der Waals surface area contributed by atoms with E-state index in [-0.39, 0.29) is 35.8 Å². The molecule has 37 heavy (non-hydrogen) atoms. The van der Waals surface area contributed by atoms with Gasteiger partial charge in [0.2, 0.25) is 5.91 Å². The van der Waals surface area contributed by atoms with E-state index in [4.69, 9.17) is 9.47 Å². The van der Waals surface area contributed by atoms with E-state index in [2.05, 4.69) is 29.0 Å². The Bertz CT molecular complexity index is 1040. The van der Waals surface area contributed by atoms with Gasteiger partial charge in [-0.3, -0.25) is 14.5 Å². The Morgan fingerprint density at radius 1 is 1.22 bits per heavy atom. The summed E-state index contributed by atoms with van der Waals surface area (Å²) in [4.78, 5) is 34.8. The smallest absolute Gasteiger partial charge is 0.257 e. The molecule has 8 nitrogen and oxygen atoms in total. The van der Waals surface area contributed by atoms with Gasteiger partial charge in [0.15, 0.2) is 0 Å². The fourth-order valence-corrected chi connectivity index (χ4v) is 5.90. The van der Waals surface area contributed by atoms with Crippen LogP contribution in [0.15, 0.2) is 29.8 Å². The first-order valence-corrected chi connectivity index (χ1v) is 14.2. The lowest BCUT2D eigenvalue weighted by Crippen LogP contribution is -2.46. The molecule has 3 atom stereocenters. The Morgan fingerprint density at radius 2 is 2.00 bits per heavy atom. The van der Waals surface area contributed by atoms with Crippen molar-refractivity contribution in [1.82, 2.24) is 14.8 Å². The van der Waals surface area contributed by atoms with Crippen LogP contribution in [0.25, 0.3) is 0 Å². The molecule has 9 heteroatoms. The van der Waals surface area contributed by atoms with E-state index in [0.29, 0.717) is 30.2 Å². The standard InChI is InChI=1S/C28H40N4O4S/c1-19-15-32(17-26-29-12-13-37-26)20(2)18-36-24-14-22(30-27(33)21-8-6-5-7-9-21)10-11-23(24)28(34)31(3)16-25(19)35-4/h10-14,19-21,25H,5-9,15-18H2,1-4H3,(H,30,33)/t19-,20-,25+/m1/s1. The Balaban J connectivity index is 1.59. The van der Waals surface area contributed by atoms with Crippen LogP contribution in [0.3, 0.4) is 0 Å². The maximum absolute atomic E-state index is 13.4. The number of hydrogen-bond acceptors (Lipinski definition) is 7. The minimum absolute atomic E-state index is 0.0517. The zero-order chi connectivity index (χ0) is 26.4. The molecular formula is C28H40N4O4S. The summed E-state index contributed by atoms with van der Waals surface area (Å²) >= 11 is 1.65. The number of aromatic nitrogens is 1. The molecule has 0 unspecified atom stereocenters. The third-order valence-electron chi connectivity index (χ3n) is 7.64. The largest absolute Gasteiger partial charge is 0.491 e. The fraction of sp³-hybridized carbons (Fsp3) is 0.607. The van der Waals surface area contributed by atoms with E-state index in [1.807, 2.05) is 11.6 Å². The second-order valence-electron chi connectivity index (χ2n) is 10.5.